The standard InChI is InChI=1S/C26H29N5O4/c1-27-14-24(33)30-10-2-3-17-6-7-19(12-22(17)30)28-13-16-4-5-18-15-31(26(35)20(18)11-16)21-8-9-23(32)29-25(21)34/h4-7,11-12,21,27-28H,2-3,8-10,13-15H2,1H3,(H,29,32,34). The molecule has 0 spiro atoms. The number of carbonyl (C=O) groups is 4. The number of hydrogen-bond acceptors (Lipinski definition) is 6. The predicted molar refractivity (Wildman–Crippen MR) is 131 cm³/mol. The smallest absolute Gasteiger partial charge is 0.255 e. The van der Waals surface area contributed by atoms with Gasteiger partial charge in [0.05, 0.1) is 6.54 Å². The summed E-state index contributed by atoms with van der Waals surface area (Å²) in [5.74, 6) is -0.813. The van der Waals surface area contributed by atoms with Crippen molar-refractivity contribution >= 4 is 35.0 Å². The first-order valence-electron chi connectivity index (χ1n) is 12.0. The molecule has 1 fully saturated rings. The number of aryl methyl sites for hydroxylation is 1. The minimum absolute atomic E-state index is 0.0586. The molecule has 1 atom stereocenters. The summed E-state index contributed by atoms with van der Waals surface area (Å²) in [5.41, 5.74) is 5.46. The average Bonchev–Trinajstić information content (AvgIpc) is 3.18. The number of rotatable bonds is 6. The van der Waals surface area contributed by atoms with Crippen LogP contribution >= 0.6 is 0 Å². The van der Waals surface area contributed by atoms with Crippen LogP contribution in [-0.4, -0.2) is 54.7 Å². The van der Waals surface area contributed by atoms with Crippen LogP contribution in [0.25, 0.3) is 0 Å². The number of fused-ring (bicyclic) bond motifs is 2. The molecule has 2 aromatic carbocycles. The van der Waals surface area contributed by atoms with Crippen molar-refractivity contribution in [3.63, 3.8) is 0 Å². The van der Waals surface area contributed by atoms with Gasteiger partial charge in [-0.1, -0.05) is 18.2 Å². The highest BCUT2D eigenvalue weighted by atomic mass is 16.2. The van der Waals surface area contributed by atoms with Gasteiger partial charge in [0.25, 0.3) is 5.91 Å². The molecule has 1 unspecified atom stereocenters. The zero-order chi connectivity index (χ0) is 24.5. The van der Waals surface area contributed by atoms with Crippen LogP contribution in [0.4, 0.5) is 11.4 Å². The van der Waals surface area contributed by atoms with E-state index >= 15 is 0 Å². The van der Waals surface area contributed by atoms with Crippen LogP contribution in [-0.2, 0) is 33.9 Å². The van der Waals surface area contributed by atoms with Crippen molar-refractivity contribution in [2.75, 3.05) is 30.4 Å². The van der Waals surface area contributed by atoms with E-state index in [1.807, 2.05) is 35.2 Å². The van der Waals surface area contributed by atoms with Crippen molar-refractivity contribution in [2.24, 2.45) is 0 Å². The lowest BCUT2D eigenvalue weighted by Crippen LogP contribution is -2.52. The third-order valence-corrected chi connectivity index (χ3v) is 6.92. The second-order valence-corrected chi connectivity index (χ2v) is 9.27. The molecule has 2 aromatic rings. The van der Waals surface area contributed by atoms with E-state index in [1.165, 1.54) is 5.56 Å². The van der Waals surface area contributed by atoms with E-state index in [1.54, 1.807) is 11.9 Å². The van der Waals surface area contributed by atoms with Crippen LogP contribution in [0.15, 0.2) is 36.4 Å². The first kappa shape index (κ1) is 23.0. The Balaban J connectivity index is 1.28. The fourth-order valence-corrected chi connectivity index (χ4v) is 5.11. The molecule has 0 saturated carbocycles. The van der Waals surface area contributed by atoms with Gasteiger partial charge in [0.15, 0.2) is 0 Å². The van der Waals surface area contributed by atoms with Crippen LogP contribution in [0.3, 0.4) is 0 Å². The van der Waals surface area contributed by atoms with Gasteiger partial charge in [-0.3, -0.25) is 24.5 Å². The van der Waals surface area contributed by atoms with E-state index in [-0.39, 0.29) is 24.1 Å². The molecule has 35 heavy (non-hydrogen) atoms. The Morgan fingerprint density at radius 3 is 2.71 bits per heavy atom. The highest BCUT2D eigenvalue weighted by Crippen LogP contribution is 2.31. The fourth-order valence-electron chi connectivity index (χ4n) is 5.11. The molecule has 4 amide bonds. The topological polar surface area (TPSA) is 111 Å². The van der Waals surface area contributed by atoms with Crippen molar-refractivity contribution in [2.45, 2.75) is 44.8 Å². The largest absolute Gasteiger partial charge is 0.381 e. The summed E-state index contributed by atoms with van der Waals surface area (Å²) in [6, 6.07) is 11.3. The Morgan fingerprint density at radius 2 is 1.91 bits per heavy atom. The number of nitrogens with zero attached hydrogens (tertiary/aromatic N) is 2. The third-order valence-electron chi connectivity index (χ3n) is 6.92. The number of hydrogen-bond donors (Lipinski definition) is 3. The van der Waals surface area contributed by atoms with Gasteiger partial charge in [-0.2, -0.15) is 0 Å². The van der Waals surface area contributed by atoms with Gasteiger partial charge in [-0.15, -0.1) is 0 Å². The number of amides is 4. The summed E-state index contributed by atoms with van der Waals surface area (Å²) < 4.78 is 0. The quantitative estimate of drug-likeness (QED) is 0.547. The number of benzene rings is 2. The molecule has 0 bridgehead atoms. The number of piperidine rings is 1. The summed E-state index contributed by atoms with van der Waals surface area (Å²) in [6.45, 7) is 1.90. The summed E-state index contributed by atoms with van der Waals surface area (Å²) in [6.07, 6.45) is 2.50. The first-order valence-corrected chi connectivity index (χ1v) is 12.0. The second-order valence-electron chi connectivity index (χ2n) is 9.27. The minimum atomic E-state index is -0.613. The lowest BCUT2D eigenvalue weighted by molar-refractivity contribution is -0.137. The van der Waals surface area contributed by atoms with E-state index < -0.39 is 11.9 Å². The lowest BCUT2D eigenvalue weighted by atomic mass is 10.0. The predicted octanol–water partition coefficient (Wildman–Crippen LogP) is 1.56. The Bertz CT molecular complexity index is 1210. The van der Waals surface area contributed by atoms with E-state index in [0.717, 1.165) is 35.3 Å². The molecule has 3 N–H and O–H groups in total. The summed E-state index contributed by atoms with van der Waals surface area (Å²) >= 11 is 0. The summed E-state index contributed by atoms with van der Waals surface area (Å²) in [7, 11) is 1.77. The van der Waals surface area contributed by atoms with Gasteiger partial charge in [-0.25, -0.2) is 0 Å². The van der Waals surface area contributed by atoms with Gasteiger partial charge in [0, 0.05) is 43.0 Å². The average molecular weight is 476 g/mol. The van der Waals surface area contributed by atoms with Crippen LogP contribution in [0.1, 0.15) is 46.3 Å². The maximum atomic E-state index is 13.1. The molecule has 9 heteroatoms. The van der Waals surface area contributed by atoms with Gasteiger partial charge in [-0.05, 0) is 61.2 Å². The van der Waals surface area contributed by atoms with E-state index in [9.17, 15) is 19.2 Å². The van der Waals surface area contributed by atoms with Crippen molar-refractivity contribution in [3.8, 4) is 0 Å². The number of likely N-dealkylation sites (N-methyl/N-ethyl adjacent to an activating group) is 1. The summed E-state index contributed by atoms with van der Waals surface area (Å²) in [4.78, 5) is 52.7. The molecule has 0 aliphatic carbocycles. The van der Waals surface area contributed by atoms with Crippen molar-refractivity contribution in [1.29, 1.82) is 0 Å². The first-order chi connectivity index (χ1) is 16.9. The molecule has 0 aromatic heterocycles. The monoisotopic (exact) mass is 475 g/mol. The Morgan fingerprint density at radius 1 is 1.09 bits per heavy atom. The van der Waals surface area contributed by atoms with Crippen LogP contribution in [0, 0.1) is 0 Å². The van der Waals surface area contributed by atoms with Gasteiger partial charge in [0.1, 0.15) is 6.04 Å². The third kappa shape index (κ3) is 4.51. The van der Waals surface area contributed by atoms with E-state index in [4.69, 9.17) is 0 Å². The molecular weight excluding hydrogens is 446 g/mol. The maximum absolute atomic E-state index is 13.1. The maximum Gasteiger partial charge on any atom is 0.255 e. The van der Waals surface area contributed by atoms with Gasteiger partial charge >= 0.3 is 0 Å². The van der Waals surface area contributed by atoms with Crippen LogP contribution < -0.4 is 20.9 Å². The van der Waals surface area contributed by atoms with E-state index in [2.05, 4.69) is 22.0 Å². The highest BCUT2D eigenvalue weighted by Gasteiger charge is 2.39. The van der Waals surface area contributed by atoms with Crippen molar-refractivity contribution < 1.29 is 19.2 Å². The molecule has 3 aliphatic rings. The highest BCUT2D eigenvalue weighted by molar-refractivity contribution is 6.05. The molecule has 3 heterocycles. The second kappa shape index (κ2) is 9.50. The van der Waals surface area contributed by atoms with Gasteiger partial charge < -0.3 is 20.4 Å². The molecule has 5 rings (SSSR count). The van der Waals surface area contributed by atoms with Gasteiger partial charge in [0.2, 0.25) is 17.7 Å². The number of carbonyl (C=O) groups excluding carboxylic acids is 4. The lowest BCUT2D eigenvalue weighted by Gasteiger charge is -2.30. The molecule has 0 radical (unpaired) electrons. The van der Waals surface area contributed by atoms with Crippen molar-refractivity contribution in [1.82, 2.24) is 15.5 Å². The number of anilines is 2. The van der Waals surface area contributed by atoms with Crippen molar-refractivity contribution in [3.05, 3.63) is 58.7 Å². The normalized spacial score (nSPS) is 19.3. The minimum Gasteiger partial charge on any atom is -0.381 e. The molecule has 1 saturated heterocycles. The van der Waals surface area contributed by atoms with Crippen LogP contribution in [0.5, 0.6) is 0 Å². The fraction of sp³-hybridized carbons (Fsp3) is 0.385. The number of nitrogens with one attached hydrogen (secondary N) is 3. The van der Waals surface area contributed by atoms with Crippen LogP contribution in [0.2, 0.25) is 0 Å². The molecule has 182 valence electrons. The Hall–Kier alpha value is -3.72. The molecular formula is C26H29N5O4. The Labute approximate surface area is 203 Å². The zero-order valence-electron chi connectivity index (χ0n) is 19.7. The molecule has 3 aliphatic heterocycles. The SMILES string of the molecule is CNCC(=O)N1CCCc2ccc(NCc3ccc4c(c3)C(=O)N(C3CCC(=O)NC3=O)C4)cc21. The zero-order valence-corrected chi connectivity index (χ0v) is 19.7. The van der Waals surface area contributed by atoms with E-state index in [0.29, 0.717) is 38.2 Å². The Kier molecular flexibility index (Phi) is 6.25. The summed E-state index contributed by atoms with van der Waals surface area (Å²) in [5, 5.41) is 8.68. The molecule has 9 nitrogen and oxygen atoms in total. The number of imide groups is 1.